The zero-order valence-corrected chi connectivity index (χ0v) is 57.7. The number of hydrogen-bond acceptors (Lipinski definition) is 15. The molecule has 0 rings (SSSR count). The molecule has 2 unspecified atom stereocenters. The van der Waals surface area contributed by atoms with E-state index in [4.69, 9.17) is 37.0 Å². The number of hydrogen-bond donors (Lipinski definition) is 3. The lowest BCUT2D eigenvalue weighted by molar-refractivity contribution is -0.161. The average molecular weight is 1270 g/mol. The van der Waals surface area contributed by atoms with E-state index in [1.54, 1.807) is 0 Å². The van der Waals surface area contributed by atoms with Gasteiger partial charge in [0.05, 0.1) is 26.4 Å². The Hall–Kier alpha value is -1.94. The van der Waals surface area contributed by atoms with E-state index < -0.39 is 97.5 Å². The zero-order valence-electron chi connectivity index (χ0n) is 55.9. The molecule has 0 radical (unpaired) electrons. The van der Waals surface area contributed by atoms with Crippen molar-refractivity contribution in [1.82, 2.24) is 0 Å². The maximum atomic E-state index is 13.0. The Balaban J connectivity index is 5.25. The molecule has 0 aromatic heterocycles. The number of ether oxygens (including phenoxy) is 4. The van der Waals surface area contributed by atoms with E-state index in [0.29, 0.717) is 31.6 Å². The van der Waals surface area contributed by atoms with Crippen LogP contribution in [0.4, 0.5) is 0 Å². The Morgan fingerprint density at radius 1 is 0.291 bits per heavy atom. The molecule has 510 valence electrons. The molecule has 0 spiro atoms. The van der Waals surface area contributed by atoms with E-state index in [2.05, 4.69) is 55.4 Å². The summed E-state index contributed by atoms with van der Waals surface area (Å²) >= 11 is 0. The van der Waals surface area contributed by atoms with Gasteiger partial charge in [-0.25, -0.2) is 9.13 Å². The number of unbranched alkanes of at least 4 members (excludes halogenated alkanes) is 30. The Morgan fingerprint density at radius 2 is 0.488 bits per heavy atom. The number of carbonyl (C=O) groups excluding carboxylic acids is 4. The molecule has 0 aromatic carbocycles. The fraction of sp³-hybridized carbons (Fsp3) is 0.940. The molecule has 5 atom stereocenters. The third-order valence-electron chi connectivity index (χ3n) is 15.3. The summed E-state index contributed by atoms with van der Waals surface area (Å²) in [5, 5.41) is 10.6. The fourth-order valence-corrected chi connectivity index (χ4v) is 11.5. The second-order valence-electron chi connectivity index (χ2n) is 26.1. The van der Waals surface area contributed by atoms with Gasteiger partial charge in [-0.1, -0.05) is 274 Å². The van der Waals surface area contributed by atoms with Gasteiger partial charge in [-0.15, -0.1) is 0 Å². The minimum absolute atomic E-state index is 0.104. The van der Waals surface area contributed by atoms with E-state index >= 15 is 0 Å². The predicted molar refractivity (Wildman–Crippen MR) is 344 cm³/mol. The van der Waals surface area contributed by atoms with E-state index in [-0.39, 0.29) is 25.7 Å². The highest BCUT2D eigenvalue weighted by atomic mass is 31.2. The fourth-order valence-electron chi connectivity index (χ4n) is 9.96. The van der Waals surface area contributed by atoms with Crippen LogP contribution >= 0.6 is 15.6 Å². The second kappa shape index (κ2) is 57.0. The van der Waals surface area contributed by atoms with Crippen LogP contribution in [0.1, 0.15) is 325 Å². The molecule has 0 fully saturated rings. The van der Waals surface area contributed by atoms with Crippen LogP contribution in [0.3, 0.4) is 0 Å². The lowest BCUT2D eigenvalue weighted by Gasteiger charge is -2.21. The summed E-state index contributed by atoms with van der Waals surface area (Å²) in [6.07, 6.45) is 37.7. The first-order valence-electron chi connectivity index (χ1n) is 34.7. The van der Waals surface area contributed by atoms with Crippen molar-refractivity contribution >= 4 is 39.5 Å². The number of aliphatic hydroxyl groups is 1. The van der Waals surface area contributed by atoms with Crippen molar-refractivity contribution in [3.63, 3.8) is 0 Å². The Labute approximate surface area is 524 Å². The molecule has 86 heavy (non-hydrogen) atoms. The zero-order chi connectivity index (χ0) is 63.9. The molecule has 0 heterocycles. The molecular weight excluding hydrogens is 1140 g/mol. The molecule has 3 N–H and O–H groups in total. The number of esters is 4. The lowest BCUT2D eigenvalue weighted by Crippen LogP contribution is -2.30. The minimum atomic E-state index is -4.95. The highest BCUT2D eigenvalue weighted by molar-refractivity contribution is 7.47. The molecule has 17 nitrogen and oxygen atoms in total. The van der Waals surface area contributed by atoms with Crippen LogP contribution in [-0.4, -0.2) is 96.7 Å². The van der Waals surface area contributed by atoms with Crippen molar-refractivity contribution in [3.8, 4) is 0 Å². The van der Waals surface area contributed by atoms with Crippen molar-refractivity contribution < 1.29 is 80.2 Å². The topological polar surface area (TPSA) is 237 Å². The van der Waals surface area contributed by atoms with Crippen LogP contribution in [-0.2, 0) is 65.4 Å². The molecule has 19 heteroatoms. The van der Waals surface area contributed by atoms with Gasteiger partial charge in [-0.05, 0) is 49.4 Å². The summed E-state index contributed by atoms with van der Waals surface area (Å²) in [6.45, 7) is 14.0. The maximum Gasteiger partial charge on any atom is 0.472 e. The van der Waals surface area contributed by atoms with Gasteiger partial charge in [0.15, 0.2) is 12.2 Å². The number of aliphatic hydroxyl groups excluding tert-OH is 1. The minimum Gasteiger partial charge on any atom is -0.462 e. The van der Waals surface area contributed by atoms with E-state index in [0.717, 1.165) is 114 Å². The van der Waals surface area contributed by atoms with Crippen molar-refractivity contribution in [2.45, 2.75) is 343 Å². The number of rotatable bonds is 64. The van der Waals surface area contributed by atoms with Gasteiger partial charge in [-0.2, -0.15) is 0 Å². The molecule has 0 aliphatic heterocycles. The highest BCUT2D eigenvalue weighted by Gasteiger charge is 2.30. The summed E-state index contributed by atoms with van der Waals surface area (Å²) in [6, 6.07) is 0. The summed E-state index contributed by atoms with van der Waals surface area (Å²) in [7, 11) is -9.90. The summed E-state index contributed by atoms with van der Waals surface area (Å²) in [5.41, 5.74) is 0. The van der Waals surface area contributed by atoms with E-state index in [9.17, 15) is 43.2 Å². The summed E-state index contributed by atoms with van der Waals surface area (Å²) in [4.78, 5) is 72.4. The van der Waals surface area contributed by atoms with Crippen LogP contribution < -0.4 is 0 Å². The number of phosphoric acid groups is 2. The molecule has 0 saturated carbocycles. The first kappa shape index (κ1) is 84.1. The number of carbonyl (C=O) groups is 4. The second-order valence-corrected chi connectivity index (χ2v) is 29.0. The lowest BCUT2D eigenvalue weighted by atomic mass is 10.0. The molecule has 0 saturated heterocycles. The van der Waals surface area contributed by atoms with Crippen molar-refractivity contribution in [2.75, 3.05) is 39.6 Å². The Bertz CT molecular complexity index is 1710. The van der Waals surface area contributed by atoms with Crippen molar-refractivity contribution in [1.29, 1.82) is 0 Å². The van der Waals surface area contributed by atoms with Crippen LogP contribution in [0.2, 0.25) is 0 Å². The smallest absolute Gasteiger partial charge is 0.462 e. The van der Waals surface area contributed by atoms with Gasteiger partial charge < -0.3 is 33.8 Å². The van der Waals surface area contributed by atoms with Gasteiger partial charge in [0, 0.05) is 25.7 Å². The predicted octanol–water partition coefficient (Wildman–Crippen LogP) is 18.5. The summed E-state index contributed by atoms with van der Waals surface area (Å²) < 4.78 is 68.1. The van der Waals surface area contributed by atoms with Crippen molar-refractivity contribution in [2.24, 2.45) is 23.7 Å². The van der Waals surface area contributed by atoms with Gasteiger partial charge >= 0.3 is 39.5 Å². The molecule has 0 aliphatic carbocycles. The first-order valence-corrected chi connectivity index (χ1v) is 37.7. The third-order valence-corrected chi connectivity index (χ3v) is 17.2. The molecular formula is C67H130O17P2. The van der Waals surface area contributed by atoms with E-state index in [1.807, 2.05) is 0 Å². The Morgan fingerprint density at radius 3 is 0.721 bits per heavy atom. The van der Waals surface area contributed by atoms with E-state index in [1.165, 1.54) is 122 Å². The highest BCUT2D eigenvalue weighted by Crippen LogP contribution is 2.45. The van der Waals surface area contributed by atoms with Crippen LogP contribution in [0, 0.1) is 23.7 Å². The normalized spacial score (nSPS) is 14.4. The van der Waals surface area contributed by atoms with Gasteiger partial charge in [0.1, 0.15) is 19.3 Å². The SMILES string of the molecule is CC(C)CCCCCCCCCCCCC(=O)O[C@H](COC(=O)CCCCCCCCCCC(C)C)COP(=O)(O)OC[C@@H](O)COP(=O)(O)OC[C@@H](COC(=O)CCCCCCCCC(C)C)OC(=O)CCCCCCCCCCCCC(C)C. The largest absolute Gasteiger partial charge is 0.472 e. The quantitative estimate of drug-likeness (QED) is 0.0222. The molecule has 0 aromatic rings. The van der Waals surface area contributed by atoms with Gasteiger partial charge in [-0.3, -0.25) is 37.3 Å². The van der Waals surface area contributed by atoms with Gasteiger partial charge in [0.2, 0.25) is 0 Å². The number of phosphoric ester groups is 2. The molecule has 0 bridgehead atoms. The third kappa shape index (κ3) is 60.9. The molecule has 0 amide bonds. The Kier molecular flexibility index (Phi) is 55.7. The average Bonchev–Trinajstić information content (AvgIpc) is 3.63. The van der Waals surface area contributed by atoms with Crippen LogP contribution in [0.15, 0.2) is 0 Å². The van der Waals surface area contributed by atoms with Gasteiger partial charge in [0.25, 0.3) is 0 Å². The maximum absolute atomic E-state index is 13.0. The monoisotopic (exact) mass is 1270 g/mol. The molecule has 0 aliphatic rings. The van der Waals surface area contributed by atoms with Crippen molar-refractivity contribution in [3.05, 3.63) is 0 Å². The standard InChI is InChI=1S/C67H130O17P2/c1-57(2)43-35-27-19-13-9-11-15-23-33-41-49-66(71)83-62(53-77-64(69)47-39-31-22-18-17-21-29-37-45-59(5)6)55-81-85(73,74)79-51-61(68)52-80-86(75,76)82-56-63(54-78-65(70)48-40-32-26-25-30-38-46-60(7)8)84-67(72)50-42-34-24-16-12-10-14-20-28-36-44-58(3)4/h57-63,68H,9-56H2,1-8H3,(H,73,74)(H,75,76)/t61-,62-,63-/m1/s1. The van der Waals surface area contributed by atoms with Crippen LogP contribution in [0.5, 0.6) is 0 Å². The summed E-state index contributed by atoms with van der Waals surface area (Å²) in [5.74, 6) is 0.774. The van der Waals surface area contributed by atoms with Crippen LogP contribution in [0.25, 0.3) is 0 Å². The first-order chi connectivity index (χ1) is 41.1.